The van der Waals surface area contributed by atoms with Gasteiger partial charge < -0.3 is 5.32 Å². The third-order valence-corrected chi connectivity index (χ3v) is 4.06. The van der Waals surface area contributed by atoms with Gasteiger partial charge in [0.05, 0.1) is 9.95 Å². The summed E-state index contributed by atoms with van der Waals surface area (Å²) in [4.78, 5) is 10.5. The van der Waals surface area contributed by atoms with E-state index in [4.69, 9.17) is 11.6 Å². The van der Waals surface area contributed by atoms with Crippen LogP contribution in [0.4, 0.5) is 15.8 Å². The maximum atomic E-state index is 13.5. The monoisotopic (exact) mass is 300 g/mol. The van der Waals surface area contributed by atoms with Gasteiger partial charge in [0, 0.05) is 18.2 Å². The topological polar surface area (TPSA) is 55.2 Å². The van der Waals surface area contributed by atoms with Gasteiger partial charge in [-0.15, -0.1) is 0 Å². The van der Waals surface area contributed by atoms with Gasteiger partial charge in [-0.25, -0.2) is 4.39 Å². The van der Waals surface area contributed by atoms with Crippen molar-refractivity contribution < 1.29 is 9.31 Å². The smallest absolute Gasteiger partial charge is 0.294 e. The molecule has 0 radical (unpaired) electrons. The summed E-state index contributed by atoms with van der Waals surface area (Å²) in [6.45, 7) is 4.34. The Morgan fingerprint density at radius 3 is 2.45 bits per heavy atom. The minimum atomic E-state index is -0.642. The van der Waals surface area contributed by atoms with Crippen molar-refractivity contribution in [2.24, 2.45) is 11.8 Å². The number of anilines is 1. The van der Waals surface area contributed by atoms with E-state index in [1.165, 1.54) is 0 Å². The normalized spacial score (nSPS) is 26.3. The van der Waals surface area contributed by atoms with E-state index in [0.29, 0.717) is 11.8 Å². The van der Waals surface area contributed by atoms with Gasteiger partial charge in [0.25, 0.3) is 5.69 Å². The van der Waals surface area contributed by atoms with Crippen molar-refractivity contribution in [2.75, 3.05) is 5.32 Å². The Bertz CT molecular complexity index is 514. The highest BCUT2D eigenvalue weighted by atomic mass is 35.5. The molecular formula is C14H18ClFN2O2. The van der Waals surface area contributed by atoms with Gasteiger partial charge in [-0.2, -0.15) is 0 Å². The number of halogens is 2. The largest absolute Gasteiger partial charge is 0.377 e. The molecule has 0 aliphatic heterocycles. The van der Waals surface area contributed by atoms with Crippen molar-refractivity contribution >= 4 is 23.0 Å². The number of hydrogen-bond acceptors (Lipinski definition) is 3. The van der Waals surface area contributed by atoms with Gasteiger partial charge in [-0.05, 0) is 31.1 Å². The van der Waals surface area contributed by atoms with Gasteiger partial charge in [-0.3, -0.25) is 10.1 Å². The van der Waals surface area contributed by atoms with Gasteiger partial charge in [-0.1, -0.05) is 25.4 Å². The molecule has 1 N–H and O–H groups in total. The second kappa shape index (κ2) is 5.95. The Morgan fingerprint density at radius 2 is 1.90 bits per heavy atom. The maximum absolute atomic E-state index is 13.5. The molecule has 20 heavy (non-hydrogen) atoms. The first-order valence-corrected chi connectivity index (χ1v) is 7.14. The third-order valence-electron chi connectivity index (χ3n) is 3.77. The molecule has 1 fully saturated rings. The second-order valence-corrected chi connectivity index (χ2v) is 6.21. The average molecular weight is 301 g/mol. The lowest BCUT2D eigenvalue weighted by molar-refractivity contribution is -0.384. The molecule has 0 aromatic heterocycles. The number of hydrogen-bond donors (Lipinski definition) is 1. The zero-order valence-corrected chi connectivity index (χ0v) is 12.3. The molecule has 2 atom stereocenters. The van der Waals surface area contributed by atoms with E-state index in [1.54, 1.807) is 0 Å². The van der Waals surface area contributed by atoms with E-state index in [1.807, 2.05) is 0 Å². The lowest BCUT2D eigenvalue weighted by Gasteiger charge is -2.32. The summed E-state index contributed by atoms with van der Waals surface area (Å²) in [5.41, 5.74) is 0.0329. The number of nitro benzene ring substituents is 1. The van der Waals surface area contributed by atoms with Crippen LogP contribution in [0.1, 0.15) is 33.1 Å². The van der Waals surface area contributed by atoms with E-state index in [9.17, 15) is 14.5 Å². The zero-order valence-electron chi connectivity index (χ0n) is 11.5. The van der Waals surface area contributed by atoms with Crippen molar-refractivity contribution in [1.29, 1.82) is 0 Å². The molecule has 2 unspecified atom stereocenters. The molecule has 0 amide bonds. The van der Waals surface area contributed by atoms with Crippen LogP contribution >= 0.6 is 11.6 Å². The molecule has 110 valence electrons. The Morgan fingerprint density at radius 1 is 1.30 bits per heavy atom. The molecule has 2 rings (SSSR count). The Labute approximate surface area is 122 Å². The summed E-state index contributed by atoms with van der Waals surface area (Å²) in [5, 5.41) is 13.9. The third kappa shape index (κ3) is 3.39. The average Bonchev–Trinajstić information content (AvgIpc) is 2.31. The summed E-state index contributed by atoms with van der Waals surface area (Å²) in [5.74, 6) is 0.483. The van der Waals surface area contributed by atoms with Crippen molar-refractivity contribution in [1.82, 2.24) is 0 Å². The Balaban J connectivity index is 2.24. The van der Waals surface area contributed by atoms with Gasteiger partial charge in [0.15, 0.2) is 0 Å². The first-order chi connectivity index (χ1) is 9.36. The first kappa shape index (κ1) is 15.0. The highest BCUT2D eigenvalue weighted by molar-refractivity contribution is 6.31. The van der Waals surface area contributed by atoms with Crippen molar-refractivity contribution in [3.05, 3.63) is 33.1 Å². The van der Waals surface area contributed by atoms with Gasteiger partial charge in [0.1, 0.15) is 11.5 Å². The van der Waals surface area contributed by atoms with Crippen molar-refractivity contribution in [2.45, 2.75) is 39.2 Å². The van der Waals surface area contributed by atoms with Crippen LogP contribution in [0.3, 0.4) is 0 Å². The predicted molar refractivity (Wildman–Crippen MR) is 77.7 cm³/mol. The molecule has 0 saturated heterocycles. The highest BCUT2D eigenvalue weighted by Crippen LogP contribution is 2.35. The number of nitro groups is 1. The molecule has 0 heterocycles. The van der Waals surface area contributed by atoms with Crippen LogP contribution in [-0.2, 0) is 0 Å². The SMILES string of the molecule is CC1CC(C)CC(Nc2cc(F)c(Cl)cc2[N+](=O)[O-])C1. The van der Waals surface area contributed by atoms with Gasteiger partial charge in [0.2, 0.25) is 0 Å². The lowest BCUT2D eigenvalue weighted by Crippen LogP contribution is -2.30. The van der Waals surface area contributed by atoms with E-state index < -0.39 is 10.7 Å². The molecule has 1 aromatic rings. The van der Waals surface area contributed by atoms with Crippen LogP contribution in [0.2, 0.25) is 5.02 Å². The van der Waals surface area contributed by atoms with Crippen molar-refractivity contribution in [3.63, 3.8) is 0 Å². The van der Waals surface area contributed by atoms with Crippen LogP contribution in [-0.4, -0.2) is 11.0 Å². The predicted octanol–water partition coefficient (Wildman–Crippen LogP) is 4.62. The number of benzene rings is 1. The molecule has 4 nitrogen and oxygen atoms in total. The highest BCUT2D eigenvalue weighted by Gasteiger charge is 2.26. The van der Waals surface area contributed by atoms with E-state index in [0.717, 1.165) is 31.4 Å². The minimum absolute atomic E-state index is 0.132. The fourth-order valence-electron chi connectivity index (χ4n) is 3.09. The lowest BCUT2D eigenvalue weighted by atomic mass is 9.80. The summed E-state index contributed by atoms with van der Waals surface area (Å²) >= 11 is 5.61. The molecule has 1 saturated carbocycles. The maximum Gasteiger partial charge on any atom is 0.294 e. The quantitative estimate of drug-likeness (QED) is 0.654. The van der Waals surface area contributed by atoms with Crippen LogP contribution in [0, 0.1) is 27.8 Å². The molecule has 1 aromatic carbocycles. The van der Waals surface area contributed by atoms with E-state index >= 15 is 0 Å². The molecular weight excluding hydrogens is 283 g/mol. The second-order valence-electron chi connectivity index (χ2n) is 5.80. The number of nitrogens with one attached hydrogen (secondary N) is 1. The standard InChI is InChI=1S/C14H18ClFN2O2/c1-8-3-9(2)5-10(4-8)17-13-7-12(16)11(15)6-14(13)18(19)20/h6-10,17H,3-5H2,1-2H3. The minimum Gasteiger partial charge on any atom is -0.377 e. The summed E-state index contributed by atoms with van der Waals surface area (Å²) in [7, 11) is 0. The summed E-state index contributed by atoms with van der Waals surface area (Å²) in [6.07, 6.45) is 3.03. The van der Waals surface area contributed by atoms with E-state index in [-0.39, 0.29) is 22.4 Å². The molecule has 0 spiro atoms. The van der Waals surface area contributed by atoms with Crippen LogP contribution in [0.5, 0.6) is 0 Å². The number of rotatable bonds is 3. The summed E-state index contributed by atoms with van der Waals surface area (Å²) < 4.78 is 13.5. The Kier molecular flexibility index (Phi) is 4.48. The van der Waals surface area contributed by atoms with Crippen LogP contribution in [0.25, 0.3) is 0 Å². The van der Waals surface area contributed by atoms with E-state index in [2.05, 4.69) is 19.2 Å². The molecule has 1 aliphatic carbocycles. The van der Waals surface area contributed by atoms with Crippen LogP contribution in [0.15, 0.2) is 12.1 Å². The zero-order chi connectivity index (χ0) is 14.9. The van der Waals surface area contributed by atoms with Crippen LogP contribution < -0.4 is 5.32 Å². The molecule has 1 aliphatic rings. The van der Waals surface area contributed by atoms with Gasteiger partial charge >= 0.3 is 0 Å². The molecule has 0 bridgehead atoms. The fraction of sp³-hybridized carbons (Fsp3) is 0.571. The summed E-state index contributed by atoms with van der Waals surface area (Å²) in [6, 6.07) is 2.31. The van der Waals surface area contributed by atoms with Crippen molar-refractivity contribution in [3.8, 4) is 0 Å². The Hall–Kier alpha value is -1.36. The fourth-order valence-corrected chi connectivity index (χ4v) is 3.25. The molecule has 6 heteroatoms. The first-order valence-electron chi connectivity index (χ1n) is 6.76. The number of nitrogens with zero attached hydrogens (tertiary/aromatic N) is 1.